The Morgan fingerprint density at radius 1 is 0.738 bits per heavy atom. The number of nitrogens with one attached hydrogen (secondary N) is 1. The summed E-state index contributed by atoms with van der Waals surface area (Å²) in [7, 11) is -10.5. The molecule has 3 unspecified atom stereocenters. The Morgan fingerprint density at radius 2 is 1.21 bits per heavy atom. The summed E-state index contributed by atoms with van der Waals surface area (Å²) in [6, 6.07) is 0. The van der Waals surface area contributed by atoms with Crippen LogP contribution in [0.4, 0.5) is 5.95 Å². The molecule has 6 N–H and O–H groups in total. The molecule has 2 heterocycles. The summed E-state index contributed by atoms with van der Waals surface area (Å²) in [5.41, 5.74) is 5.35. The van der Waals surface area contributed by atoms with Gasteiger partial charge in [0.15, 0.2) is 17.3 Å². The molecule has 0 saturated heterocycles. The molecule has 0 aliphatic carbocycles. The Bertz CT molecular complexity index is 1660. The largest absolute Gasteiger partial charge is 0.481 e. The second-order valence-corrected chi connectivity index (χ2v) is 18.9. The van der Waals surface area contributed by atoms with Crippen LogP contribution in [0.5, 0.6) is 0 Å². The van der Waals surface area contributed by atoms with Gasteiger partial charge in [0, 0.05) is 31.9 Å². The molecule has 61 heavy (non-hydrogen) atoms. The zero-order valence-corrected chi connectivity index (χ0v) is 38.5. The number of unbranched alkanes of at least 4 members (excludes halogenated alkanes) is 20. The minimum Gasteiger partial charge on any atom is -0.462 e. The molecule has 0 fully saturated rings. The summed E-state index contributed by atoms with van der Waals surface area (Å²) in [5.74, 6) is -2.01. The smallest absolute Gasteiger partial charge is 0.462 e. The fourth-order valence-corrected chi connectivity index (χ4v) is 8.90. The van der Waals surface area contributed by atoms with E-state index < -0.39 is 71.6 Å². The molecular weight excluding hydrogens is 832 g/mol. The monoisotopic (exact) mass is 907 g/mol. The molecule has 2 rings (SSSR count). The van der Waals surface area contributed by atoms with Crippen LogP contribution in [-0.2, 0) is 48.1 Å². The van der Waals surface area contributed by atoms with Crippen molar-refractivity contribution in [3.63, 3.8) is 0 Å². The molecule has 0 aromatic carbocycles. The number of aromatic amines is 1. The van der Waals surface area contributed by atoms with Crippen molar-refractivity contribution in [1.29, 1.82) is 0 Å². The third kappa shape index (κ3) is 25.9. The highest BCUT2D eigenvalue weighted by molar-refractivity contribution is 7.61. The average molecular weight is 908 g/mol. The average Bonchev–Trinajstić information content (AvgIpc) is 3.62. The molecular formula is C41H75N5O13P2. The van der Waals surface area contributed by atoms with Crippen molar-refractivity contribution in [2.45, 2.75) is 187 Å². The highest BCUT2D eigenvalue weighted by atomic mass is 31.3. The van der Waals surface area contributed by atoms with Crippen LogP contribution in [0, 0.1) is 5.92 Å². The maximum absolute atomic E-state index is 12.8. The number of nitrogens with two attached hydrogens (primary N) is 1. The van der Waals surface area contributed by atoms with E-state index >= 15 is 0 Å². The minimum atomic E-state index is -5.31. The standard InChI is InChI=1S/C41H75N5O13P2/c1-3-5-7-9-11-13-15-17-19-21-23-25-36(48)55-31-35(58-37(49)26-24-22-20-18-16-14-12-10-8-6-4-2)32-57-61(53,54)59-60(51,52)56-30-34(29-47)27-28-46-33-43-38-39(46)44-41(42)45-40(38)50/h33-35,47H,3-32H2,1-2H3,(H,51,52)(H,53,54)(H3,42,44,45,50)/t34-,35?/m1/s1. The van der Waals surface area contributed by atoms with E-state index in [1.807, 2.05) is 0 Å². The molecule has 0 aliphatic heterocycles. The van der Waals surface area contributed by atoms with Crippen molar-refractivity contribution in [1.82, 2.24) is 19.5 Å². The van der Waals surface area contributed by atoms with Gasteiger partial charge in [-0.3, -0.25) is 28.4 Å². The van der Waals surface area contributed by atoms with E-state index in [1.54, 1.807) is 0 Å². The number of aliphatic hydroxyl groups excluding tert-OH is 1. The quantitative estimate of drug-likeness (QED) is 0.0238. The highest BCUT2D eigenvalue weighted by Crippen LogP contribution is 2.60. The maximum atomic E-state index is 12.8. The van der Waals surface area contributed by atoms with Crippen LogP contribution in [0.25, 0.3) is 11.2 Å². The van der Waals surface area contributed by atoms with Crippen LogP contribution in [0.3, 0.4) is 0 Å². The van der Waals surface area contributed by atoms with Gasteiger partial charge in [0.05, 0.1) is 19.5 Å². The fourth-order valence-electron chi connectivity index (χ4n) is 6.72. The van der Waals surface area contributed by atoms with Gasteiger partial charge in [-0.1, -0.05) is 142 Å². The molecule has 0 radical (unpaired) electrons. The first-order valence-electron chi connectivity index (χ1n) is 22.6. The number of rotatable bonds is 39. The number of nitrogens with zero attached hydrogens (tertiary/aromatic N) is 3. The Hall–Kier alpha value is -2.69. The van der Waals surface area contributed by atoms with Gasteiger partial charge in [0.1, 0.15) is 6.61 Å². The lowest BCUT2D eigenvalue weighted by Gasteiger charge is -2.21. The number of phosphoric acid groups is 2. The second-order valence-electron chi connectivity index (χ2n) is 15.9. The van der Waals surface area contributed by atoms with Crippen molar-refractivity contribution >= 4 is 44.7 Å². The van der Waals surface area contributed by atoms with E-state index in [0.29, 0.717) is 12.8 Å². The number of imidazole rings is 1. The molecule has 0 saturated carbocycles. The first kappa shape index (κ1) is 54.4. The lowest BCUT2D eigenvalue weighted by Crippen LogP contribution is -2.29. The zero-order chi connectivity index (χ0) is 44.8. The molecule has 352 valence electrons. The van der Waals surface area contributed by atoms with Gasteiger partial charge in [-0.25, -0.2) is 14.1 Å². The number of fused-ring (bicyclic) bond motifs is 1. The van der Waals surface area contributed by atoms with E-state index in [-0.39, 0.29) is 42.9 Å². The summed E-state index contributed by atoms with van der Waals surface area (Å²) >= 11 is 0. The van der Waals surface area contributed by atoms with Gasteiger partial charge in [0.25, 0.3) is 5.56 Å². The zero-order valence-electron chi connectivity index (χ0n) is 36.7. The fraction of sp³-hybridized carbons (Fsp3) is 0.829. The van der Waals surface area contributed by atoms with Gasteiger partial charge in [0.2, 0.25) is 5.95 Å². The number of anilines is 1. The Kier molecular flexibility index (Phi) is 28.6. The van der Waals surface area contributed by atoms with Gasteiger partial charge >= 0.3 is 27.6 Å². The van der Waals surface area contributed by atoms with Crippen molar-refractivity contribution in [3.8, 4) is 0 Å². The SMILES string of the molecule is CCCCCCCCCCCCCC(=O)OCC(COP(=O)(O)OP(=O)(O)OC[C@@H](CO)CCn1cnc2c(=O)[nH]c(N)nc21)OC(=O)CCCCCCCCCCCCC. The number of aromatic nitrogens is 4. The molecule has 2 aromatic rings. The molecule has 0 aliphatic rings. The van der Waals surface area contributed by atoms with Crippen LogP contribution in [0.15, 0.2) is 11.1 Å². The first-order chi connectivity index (χ1) is 29.3. The molecule has 0 bridgehead atoms. The topological polar surface area (TPSA) is 265 Å². The molecule has 0 spiro atoms. The Balaban J connectivity index is 1.84. The first-order valence-corrected chi connectivity index (χ1v) is 25.6. The predicted molar refractivity (Wildman–Crippen MR) is 233 cm³/mol. The van der Waals surface area contributed by atoms with E-state index in [2.05, 4.69) is 33.1 Å². The van der Waals surface area contributed by atoms with Gasteiger partial charge in [-0.2, -0.15) is 9.29 Å². The number of aryl methyl sites for hydroxylation is 1. The predicted octanol–water partition coefficient (Wildman–Crippen LogP) is 8.81. The number of phosphoric ester groups is 2. The number of esters is 2. The lowest BCUT2D eigenvalue weighted by atomic mass is 10.1. The van der Waals surface area contributed by atoms with Crippen molar-refractivity contribution in [3.05, 3.63) is 16.7 Å². The number of hydrogen-bond acceptors (Lipinski definition) is 14. The van der Waals surface area contributed by atoms with Crippen LogP contribution in [0.1, 0.15) is 174 Å². The number of carbonyl (C=O) groups excluding carboxylic acids is 2. The minimum absolute atomic E-state index is 0.0528. The summed E-state index contributed by atoms with van der Waals surface area (Å²) in [5, 5.41) is 9.85. The van der Waals surface area contributed by atoms with Crippen LogP contribution >= 0.6 is 15.6 Å². The van der Waals surface area contributed by atoms with E-state index in [1.165, 1.54) is 94.4 Å². The molecule has 4 atom stereocenters. The lowest BCUT2D eigenvalue weighted by molar-refractivity contribution is -0.161. The number of hydrogen-bond donors (Lipinski definition) is 5. The van der Waals surface area contributed by atoms with Crippen molar-refractivity contribution in [2.24, 2.45) is 5.92 Å². The number of nitrogen functional groups attached to an aromatic ring is 1. The van der Waals surface area contributed by atoms with Crippen LogP contribution < -0.4 is 11.3 Å². The maximum Gasteiger partial charge on any atom is 0.481 e. The molecule has 20 heteroatoms. The van der Waals surface area contributed by atoms with Gasteiger partial charge < -0.3 is 34.7 Å². The van der Waals surface area contributed by atoms with E-state index in [0.717, 1.165) is 44.9 Å². The number of H-pyrrole nitrogens is 1. The number of aliphatic hydroxyl groups is 1. The highest BCUT2D eigenvalue weighted by Gasteiger charge is 2.37. The Labute approximate surface area is 361 Å². The van der Waals surface area contributed by atoms with Gasteiger partial charge in [-0.05, 0) is 19.3 Å². The summed E-state index contributed by atoms with van der Waals surface area (Å²) < 4.78 is 52.1. The number of ether oxygens (including phenoxy) is 2. The normalized spacial score (nSPS) is 14.7. The third-order valence-corrected chi connectivity index (χ3v) is 12.9. The Morgan fingerprint density at radius 3 is 1.72 bits per heavy atom. The van der Waals surface area contributed by atoms with E-state index in [4.69, 9.17) is 24.3 Å². The summed E-state index contributed by atoms with van der Waals surface area (Å²) in [6.45, 7) is 2.24. The summed E-state index contributed by atoms with van der Waals surface area (Å²) in [6.07, 6.45) is 24.9. The van der Waals surface area contributed by atoms with Crippen LogP contribution in [0.2, 0.25) is 0 Å². The van der Waals surface area contributed by atoms with Crippen molar-refractivity contribution < 1.29 is 56.4 Å². The second kappa shape index (κ2) is 32.0. The number of carbonyl (C=O) groups is 2. The van der Waals surface area contributed by atoms with Crippen LogP contribution in [-0.4, -0.2) is 78.9 Å². The summed E-state index contributed by atoms with van der Waals surface area (Å²) in [4.78, 5) is 68.4. The molecule has 2 aromatic heterocycles. The molecule has 0 amide bonds. The van der Waals surface area contributed by atoms with E-state index in [9.17, 15) is 38.4 Å². The molecule has 18 nitrogen and oxygen atoms in total. The van der Waals surface area contributed by atoms with Crippen molar-refractivity contribution in [2.75, 3.05) is 32.2 Å². The van der Waals surface area contributed by atoms with Gasteiger partial charge in [-0.15, -0.1) is 0 Å². The third-order valence-electron chi connectivity index (χ3n) is 10.3.